The van der Waals surface area contributed by atoms with Gasteiger partial charge in [-0.15, -0.1) is 10.2 Å². The van der Waals surface area contributed by atoms with Crippen molar-refractivity contribution in [1.82, 2.24) is 14.8 Å². The van der Waals surface area contributed by atoms with E-state index >= 15 is 0 Å². The normalized spacial score (nSPS) is 11.7. The van der Waals surface area contributed by atoms with Crippen molar-refractivity contribution in [3.8, 4) is 5.75 Å². The molecular weight excluding hydrogens is 316 g/mol. The van der Waals surface area contributed by atoms with Gasteiger partial charge in [-0.05, 0) is 17.7 Å². The third-order valence-electron chi connectivity index (χ3n) is 3.74. The van der Waals surface area contributed by atoms with Crippen LogP contribution in [0.1, 0.15) is 12.5 Å². The largest absolute Gasteiger partial charge is 0.493 e. The zero-order valence-corrected chi connectivity index (χ0v) is 14.0. The van der Waals surface area contributed by atoms with Gasteiger partial charge in [0.15, 0.2) is 0 Å². The number of benzene rings is 2. The summed E-state index contributed by atoms with van der Waals surface area (Å²) in [5, 5.41) is 10.7. The third-order valence-corrected chi connectivity index (χ3v) is 3.74. The molecule has 0 aliphatic rings. The van der Waals surface area contributed by atoms with Gasteiger partial charge in [0, 0.05) is 0 Å². The number of para-hydroxylation sites is 1. The molecule has 2 aromatic carbocycles. The fraction of sp³-hybridized carbons (Fsp3) is 0.211. The van der Waals surface area contributed by atoms with E-state index in [0.717, 1.165) is 11.3 Å². The van der Waals surface area contributed by atoms with Crippen LogP contribution in [0.25, 0.3) is 0 Å². The lowest BCUT2D eigenvalue weighted by Gasteiger charge is -2.13. The van der Waals surface area contributed by atoms with Gasteiger partial charge >= 0.3 is 0 Å². The lowest BCUT2D eigenvalue weighted by Crippen LogP contribution is -2.27. The minimum Gasteiger partial charge on any atom is -0.493 e. The molecule has 0 saturated heterocycles. The van der Waals surface area contributed by atoms with Gasteiger partial charge in [0.2, 0.25) is 11.9 Å². The van der Waals surface area contributed by atoms with Crippen LogP contribution in [-0.2, 0) is 11.3 Å². The molecule has 6 nitrogen and oxygen atoms in total. The molecule has 1 amide bonds. The monoisotopic (exact) mass is 336 g/mol. The maximum absolute atomic E-state index is 12.4. The minimum absolute atomic E-state index is 0.154. The Kier molecular flexibility index (Phi) is 5.41. The summed E-state index contributed by atoms with van der Waals surface area (Å²) < 4.78 is 7.43. The van der Waals surface area contributed by atoms with Crippen LogP contribution < -0.4 is 10.1 Å². The van der Waals surface area contributed by atoms with Crippen LogP contribution >= 0.6 is 0 Å². The molecule has 0 spiro atoms. The van der Waals surface area contributed by atoms with Gasteiger partial charge in [-0.3, -0.25) is 14.7 Å². The number of ether oxygens (including phenoxy) is 1. The lowest BCUT2D eigenvalue weighted by atomic mass is 10.2. The minimum atomic E-state index is -0.318. The van der Waals surface area contributed by atoms with Crippen molar-refractivity contribution in [2.24, 2.45) is 5.92 Å². The maximum Gasteiger partial charge on any atom is 0.232 e. The number of hydrogen-bond acceptors (Lipinski definition) is 4. The van der Waals surface area contributed by atoms with E-state index in [1.54, 1.807) is 10.9 Å². The number of nitrogens with one attached hydrogen (secondary N) is 1. The van der Waals surface area contributed by atoms with E-state index in [1.807, 2.05) is 67.6 Å². The molecule has 1 heterocycles. The van der Waals surface area contributed by atoms with Gasteiger partial charge in [0.25, 0.3) is 0 Å². The topological polar surface area (TPSA) is 69.0 Å². The van der Waals surface area contributed by atoms with Crippen LogP contribution in [-0.4, -0.2) is 27.3 Å². The molecule has 0 bridgehead atoms. The molecule has 1 atom stereocenters. The molecule has 25 heavy (non-hydrogen) atoms. The Morgan fingerprint density at radius 1 is 1.12 bits per heavy atom. The van der Waals surface area contributed by atoms with Crippen molar-refractivity contribution in [1.29, 1.82) is 0 Å². The molecule has 128 valence electrons. The Hall–Kier alpha value is -3.15. The van der Waals surface area contributed by atoms with Crippen LogP contribution in [0.15, 0.2) is 67.0 Å². The van der Waals surface area contributed by atoms with E-state index in [1.165, 1.54) is 0 Å². The van der Waals surface area contributed by atoms with E-state index in [4.69, 9.17) is 4.74 Å². The predicted molar refractivity (Wildman–Crippen MR) is 95.3 cm³/mol. The quantitative estimate of drug-likeness (QED) is 0.720. The van der Waals surface area contributed by atoms with E-state index in [2.05, 4.69) is 15.5 Å². The van der Waals surface area contributed by atoms with Gasteiger partial charge in [0.1, 0.15) is 12.1 Å². The fourth-order valence-corrected chi connectivity index (χ4v) is 2.29. The Bertz CT molecular complexity index is 803. The number of anilines is 1. The first-order chi connectivity index (χ1) is 12.2. The molecule has 0 saturated carbocycles. The number of rotatable bonds is 7. The second-order valence-electron chi connectivity index (χ2n) is 5.78. The molecule has 6 heteroatoms. The second-order valence-corrected chi connectivity index (χ2v) is 5.78. The Balaban J connectivity index is 1.57. The summed E-state index contributed by atoms with van der Waals surface area (Å²) in [7, 11) is 0. The second kappa shape index (κ2) is 8.10. The third kappa shape index (κ3) is 4.67. The molecule has 1 unspecified atom stereocenters. The Labute approximate surface area is 146 Å². The highest BCUT2D eigenvalue weighted by Gasteiger charge is 2.16. The van der Waals surface area contributed by atoms with Crippen molar-refractivity contribution in [2.75, 3.05) is 11.9 Å². The molecule has 1 N–H and O–H groups in total. The van der Waals surface area contributed by atoms with Crippen molar-refractivity contribution in [2.45, 2.75) is 13.5 Å². The van der Waals surface area contributed by atoms with Crippen molar-refractivity contribution in [3.05, 3.63) is 72.6 Å². The number of carbonyl (C=O) groups excluding carboxylic acids is 1. The highest BCUT2D eigenvalue weighted by Crippen LogP contribution is 2.12. The van der Waals surface area contributed by atoms with Gasteiger partial charge in [-0.1, -0.05) is 55.5 Å². The zero-order chi connectivity index (χ0) is 17.5. The number of carbonyl (C=O) groups is 1. The predicted octanol–water partition coefficient (Wildman–Crippen LogP) is 2.98. The van der Waals surface area contributed by atoms with E-state index in [-0.39, 0.29) is 11.8 Å². The summed E-state index contributed by atoms with van der Waals surface area (Å²) in [5.41, 5.74) is 1.11. The average molecular weight is 336 g/mol. The highest BCUT2D eigenvalue weighted by atomic mass is 16.5. The fourth-order valence-electron chi connectivity index (χ4n) is 2.29. The van der Waals surface area contributed by atoms with Gasteiger partial charge in [0.05, 0.1) is 19.1 Å². The van der Waals surface area contributed by atoms with Gasteiger partial charge < -0.3 is 4.74 Å². The molecule has 3 rings (SSSR count). The summed E-state index contributed by atoms with van der Waals surface area (Å²) in [5.74, 6) is 0.704. The van der Waals surface area contributed by atoms with E-state index in [9.17, 15) is 4.79 Å². The van der Waals surface area contributed by atoms with Crippen LogP contribution in [0.4, 0.5) is 5.95 Å². The Morgan fingerprint density at radius 2 is 1.80 bits per heavy atom. The van der Waals surface area contributed by atoms with Gasteiger partial charge in [-0.2, -0.15) is 0 Å². The standard InChI is InChI=1S/C19H20N4O2/c1-15(13-25-17-10-6-3-7-11-17)18(24)21-19-22-20-14-23(19)12-16-8-4-2-5-9-16/h2-11,14-15H,12-13H2,1H3,(H,21,22,24). The number of hydrogen-bond donors (Lipinski definition) is 1. The maximum atomic E-state index is 12.4. The van der Waals surface area contributed by atoms with E-state index in [0.29, 0.717) is 19.1 Å². The Morgan fingerprint density at radius 3 is 2.52 bits per heavy atom. The zero-order valence-electron chi connectivity index (χ0n) is 14.0. The number of aromatic nitrogens is 3. The highest BCUT2D eigenvalue weighted by molar-refractivity contribution is 5.90. The molecule has 0 aliphatic heterocycles. The first-order valence-electron chi connectivity index (χ1n) is 8.13. The molecule has 0 fully saturated rings. The summed E-state index contributed by atoms with van der Waals surface area (Å²) in [6, 6.07) is 19.4. The van der Waals surface area contributed by atoms with Crippen LogP contribution in [0.3, 0.4) is 0 Å². The van der Waals surface area contributed by atoms with Crippen LogP contribution in [0, 0.1) is 5.92 Å². The van der Waals surface area contributed by atoms with Crippen LogP contribution in [0.2, 0.25) is 0 Å². The SMILES string of the molecule is CC(COc1ccccc1)C(=O)Nc1nncn1Cc1ccccc1. The van der Waals surface area contributed by atoms with Crippen molar-refractivity contribution >= 4 is 11.9 Å². The summed E-state index contributed by atoms with van der Waals surface area (Å²) in [4.78, 5) is 12.4. The molecule has 0 aliphatic carbocycles. The summed E-state index contributed by atoms with van der Waals surface area (Å²) >= 11 is 0. The first-order valence-corrected chi connectivity index (χ1v) is 8.13. The van der Waals surface area contributed by atoms with Gasteiger partial charge in [-0.25, -0.2) is 0 Å². The smallest absolute Gasteiger partial charge is 0.232 e. The number of amides is 1. The van der Waals surface area contributed by atoms with Crippen molar-refractivity contribution < 1.29 is 9.53 Å². The molecule has 1 aromatic heterocycles. The summed E-state index contributed by atoms with van der Waals surface area (Å²) in [6.07, 6.45) is 1.60. The average Bonchev–Trinajstić information content (AvgIpc) is 3.08. The first kappa shape index (κ1) is 16.7. The molecule has 0 radical (unpaired) electrons. The van der Waals surface area contributed by atoms with Crippen molar-refractivity contribution in [3.63, 3.8) is 0 Å². The van der Waals surface area contributed by atoms with E-state index < -0.39 is 0 Å². The van der Waals surface area contributed by atoms with Crippen LogP contribution in [0.5, 0.6) is 5.75 Å². The molecule has 3 aromatic rings. The lowest BCUT2D eigenvalue weighted by molar-refractivity contribution is -0.120. The summed E-state index contributed by atoms with van der Waals surface area (Å²) in [6.45, 7) is 2.71. The number of nitrogens with zero attached hydrogens (tertiary/aromatic N) is 3. The molecular formula is C19H20N4O2.